The maximum atomic E-state index is 13.1. The van der Waals surface area contributed by atoms with Crippen molar-refractivity contribution < 1.29 is 4.74 Å². The van der Waals surface area contributed by atoms with Gasteiger partial charge in [0.2, 0.25) is 0 Å². The number of hydrogen-bond donors (Lipinski definition) is 0. The molecule has 0 N–H and O–H groups in total. The van der Waals surface area contributed by atoms with Crippen LogP contribution in [0.5, 0.6) is 0 Å². The molecule has 1 aliphatic rings. The molecule has 0 saturated carbocycles. The van der Waals surface area contributed by atoms with E-state index in [2.05, 4.69) is 10.1 Å². The molecule has 1 atom stereocenters. The van der Waals surface area contributed by atoms with E-state index in [1.807, 2.05) is 37.3 Å². The summed E-state index contributed by atoms with van der Waals surface area (Å²) in [7, 11) is 1.64. The van der Waals surface area contributed by atoms with Crippen LogP contribution < -0.4 is 5.69 Å². The van der Waals surface area contributed by atoms with Crippen molar-refractivity contribution in [1.82, 2.24) is 19.3 Å². The first-order valence-corrected chi connectivity index (χ1v) is 9.48. The van der Waals surface area contributed by atoms with Crippen LogP contribution in [0, 0.1) is 0 Å². The first-order valence-electron chi connectivity index (χ1n) is 9.11. The fourth-order valence-corrected chi connectivity index (χ4v) is 3.46. The summed E-state index contributed by atoms with van der Waals surface area (Å²) >= 11 is 6.17. The van der Waals surface area contributed by atoms with Crippen molar-refractivity contribution in [3.05, 3.63) is 75.2 Å². The van der Waals surface area contributed by atoms with Gasteiger partial charge in [0.25, 0.3) is 0 Å². The second-order valence-electron chi connectivity index (χ2n) is 6.51. The number of methoxy groups -OCH3 is 1. The summed E-state index contributed by atoms with van der Waals surface area (Å²) in [4.78, 5) is 22.3. The summed E-state index contributed by atoms with van der Waals surface area (Å²) in [5, 5.41) is 4.86. The Morgan fingerprint density at radius 1 is 1.21 bits per heavy atom. The van der Waals surface area contributed by atoms with Gasteiger partial charge in [0.05, 0.1) is 24.0 Å². The maximum absolute atomic E-state index is 13.1. The fourth-order valence-electron chi connectivity index (χ4n) is 3.31. The van der Waals surface area contributed by atoms with Gasteiger partial charge in [-0.05, 0) is 18.6 Å². The Bertz CT molecular complexity index is 1080. The van der Waals surface area contributed by atoms with E-state index < -0.39 is 0 Å². The summed E-state index contributed by atoms with van der Waals surface area (Å²) in [6.45, 7) is 2.67. The van der Waals surface area contributed by atoms with Crippen molar-refractivity contribution in [3.63, 3.8) is 0 Å². The molecule has 144 valence electrons. The SMILES string of the molecule is CCC(Cn1nc2n(c1=O)-c1ccc(Cl)nc1C(c1ccccc1)=NC2)OC. The van der Waals surface area contributed by atoms with Gasteiger partial charge in [0.15, 0.2) is 5.82 Å². The molecular weight excluding hydrogens is 378 g/mol. The van der Waals surface area contributed by atoms with Gasteiger partial charge < -0.3 is 4.74 Å². The number of aliphatic imine (C=N–C) groups is 1. The first kappa shape index (κ1) is 18.6. The van der Waals surface area contributed by atoms with Gasteiger partial charge >= 0.3 is 5.69 Å². The molecule has 0 radical (unpaired) electrons. The van der Waals surface area contributed by atoms with Crippen LogP contribution in [0.25, 0.3) is 5.69 Å². The molecule has 0 amide bonds. The minimum atomic E-state index is -0.236. The summed E-state index contributed by atoms with van der Waals surface area (Å²) in [6, 6.07) is 13.2. The molecular formula is C20H20ClN5O2. The lowest BCUT2D eigenvalue weighted by molar-refractivity contribution is 0.0804. The molecule has 0 aliphatic carbocycles. The van der Waals surface area contributed by atoms with Crippen LogP contribution in [0.4, 0.5) is 0 Å². The number of benzene rings is 1. The molecule has 2 aromatic heterocycles. The lowest BCUT2D eigenvalue weighted by atomic mass is 10.1. The van der Waals surface area contributed by atoms with Crippen molar-refractivity contribution in [2.75, 3.05) is 7.11 Å². The standard InChI is InChI=1S/C20H20ClN5O2/c1-3-14(28-2)12-25-20(27)26-15-9-10-16(21)23-19(15)18(22-11-17(26)24-25)13-7-5-4-6-8-13/h4-10,14H,3,11-12H2,1-2H3. The molecule has 0 spiro atoms. The highest BCUT2D eigenvalue weighted by molar-refractivity contribution is 6.29. The normalized spacial score (nSPS) is 14.0. The van der Waals surface area contributed by atoms with Gasteiger partial charge in [0.1, 0.15) is 17.4 Å². The highest BCUT2D eigenvalue weighted by Gasteiger charge is 2.25. The van der Waals surface area contributed by atoms with Gasteiger partial charge in [-0.2, -0.15) is 5.10 Å². The molecule has 0 saturated heterocycles. The zero-order valence-electron chi connectivity index (χ0n) is 15.7. The summed E-state index contributed by atoms with van der Waals surface area (Å²) in [5.74, 6) is 0.562. The largest absolute Gasteiger partial charge is 0.380 e. The molecule has 3 heterocycles. The molecule has 1 aromatic carbocycles. The lowest BCUT2D eigenvalue weighted by Gasteiger charge is -2.12. The number of pyridine rings is 1. The van der Waals surface area contributed by atoms with Crippen molar-refractivity contribution in [1.29, 1.82) is 0 Å². The predicted molar refractivity (Wildman–Crippen MR) is 108 cm³/mol. The number of fused-ring (bicyclic) bond motifs is 3. The van der Waals surface area contributed by atoms with E-state index in [4.69, 9.17) is 21.3 Å². The van der Waals surface area contributed by atoms with E-state index in [9.17, 15) is 4.79 Å². The Kier molecular flexibility index (Phi) is 5.11. The Morgan fingerprint density at radius 2 is 2.00 bits per heavy atom. The molecule has 28 heavy (non-hydrogen) atoms. The third-order valence-electron chi connectivity index (χ3n) is 4.80. The maximum Gasteiger partial charge on any atom is 0.350 e. The monoisotopic (exact) mass is 397 g/mol. The second-order valence-corrected chi connectivity index (χ2v) is 6.90. The van der Waals surface area contributed by atoms with Crippen LogP contribution >= 0.6 is 11.6 Å². The highest BCUT2D eigenvalue weighted by Crippen LogP contribution is 2.23. The van der Waals surface area contributed by atoms with Gasteiger partial charge in [-0.15, -0.1) is 0 Å². The predicted octanol–water partition coefficient (Wildman–Crippen LogP) is 2.86. The summed E-state index contributed by atoms with van der Waals surface area (Å²) < 4.78 is 8.42. The van der Waals surface area contributed by atoms with Crippen molar-refractivity contribution >= 4 is 17.3 Å². The van der Waals surface area contributed by atoms with Crippen molar-refractivity contribution in [3.8, 4) is 5.69 Å². The van der Waals surface area contributed by atoms with Gasteiger partial charge in [-0.1, -0.05) is 48.9 Å². The minimum absolute atomic E-state index is 0.0805. The Hall–Kier alpha value is -2.77. The van der Waals surface area contributed by atoms with Crippen LogP contribution in [0.2, 0.25) is 5.15 Å². The van der Waals surface area contributed by atoms with Gasteiger partial charge in [-0.3, -0.25) is 4.99 Å². The van der Waals surface area contributed by atoms with E-state index in [1.54, 1.807) is 23.8 Å². The lowest BCUT2D eigenvalue weighted by Crippen LogP contribution is -2.30. The van der Waals surface area contributed by atoms with Crippen LogP contribution in [-0.4, -0.2) is 38.3 Å². The third-order valence-corrected chi connectivity index (χ3v) is 5.01. The number of nitrogens with zero attached hydrogens (tertiary/aromatic N) is 5. The van der Waals surface area contributed by atoms with Crippen LogP contribution in [-0.2, 0) is 17.8 Å². The number of hydrogen-bond acceptors (Lipinski definition) is 5. The Balaban J connectivity index is 1.88. The third kappa shape index (κ3) is 3.27. The number of halogens is 1. The van der Waals surface area contributed by atoms with E-state index in [0.29, 0.717) is 34.6 Å². The molecule has 8 heteroatoms. The molecule has 4 rings (SSSR count). The molecule has 0 fully saturated rings. The average Bonchev–Trinajstić information content (AvgIpc) is 2.92. The van der Waals surface area contributed by atoms with Crippen LogP contribution in [0.3, 0.4) is 0 Å². The van der Waals surface area contributed by atoms with Crippen LogP contribution in [0.1, 0.15) is 30.4 Å². The molecule has 1 aliphatic heterocycles. The Labute approximate surface area is 167 Å². The summed E-state index contributed by atoms with van der Waals surface area (Å²) in [6.07, 6.45) is 0.706. The molecule has 1 unspecified atom stereocenters. The van der Waals surface area contributed by atoms with E-state index >= 15 is 0 Å². The quantitative estimate of drug-likeness (QED) is 0.620. The van der Waals surface area contributed by atoms with E-state index in [-0.39, 0.29) is 18.3 Å². The second kappa shape index (κ2) is 7.69. The molecule has 3 aromatic rings. The smallest absolute Gasteiger partial charge is 0.350 e. The number of rotatable bonds is 5. The van der Waals surface area contributed by atoms with Gasteiger partial charge in [-0.25, -0.2) is 19.0 Å². The van der Waals surface area contributed by atoms with Crippen molar-refractivity contribution in [2.24, 2.45) is 4.99 Å². The number of ether oxygens (including phenoxy) is 1. The van der Waals surface area contributed by atoms with E-state index in [0.717, 1.165) is 12.0 Å². The topological polar surface area (TPSA) is 74.3 Å². The molecule has 0 bridgehead atoms. The van der Waals surface area contributed by atoms with E-state index in [1.165, 1.54) is 4.68 Å². The molecule has 7 nitrogen and oxygen atoms in total. The zero-order chi connectivity index (χ0) is 19.7. The van der Waals surface area contributed by atoms with Crippen LogP contribution in [0.15, 0.2) is 52.3 Å². The fraction of sp³-hybridized carbons (Fsp3) is 0.300. The zero-order valence-corrected chi connectivity index (χ0v) is 16.4. The van der Waals surface area contributed by atoms with Gasteiger partial charge in [0, 0.05) is 12.7 Å². The first-order chi connectivity index (χ1) is 13.6. The highest BCUT2D eigenvalue weighted by atomic mass is 35.5. The minimum Gasteiger partial charge on any atom is -0.380 e. The van der Waals surface area contributed by atoms with Crippen molar-refractivity contribution in [2.45, 2.75) is 32.5 Å². The Morgan fingerprint density at radius 3 is 2.71 bits per heavy atom. The summed E-state index contributed by atoms with van der Waals surface area (Å²) in [5.41, 5.74) is 2.56. The average molecular weight is 398 g/mol. The number of aromatic nitrogens is 4.